The van der Waals surface area contributed by atoms with E-state index in [1.807, 2.05) is 32.9 Å². The van der Waals surface area contributed by atoms with E-state index >= 15 is 0 Å². The first-order chi connectivity index (χ1) is 13.4. The minimum Gasteiger partial charge on any atom is -0.493 e. The molecule has 6 nitrogen and oxygen atoms in total. The van der Waals surface area contributed by atoms with Crippen molar-refractivity contribution < 1.29 is 9.53 Å². The van der Waals surface area contributed by atoms with Crippen molar-refractivity contribution in [1.82, 2.24) is 20.1 Å². The summed E-state index contributed by atoms with van der Waals surface area (Å²) in [5.74, 6) is 1.50. The van der Waals surface area contributed by atoms with Crippen LogP contribution in [0.25, 0.3) is 10.2 Å². The predicted molar refractivity (Wildman–Crippen MR) is 115 cm³/mol. The molecule has 1 aromatic carbocycles. The molecule has 1 saturated heterocycles. The number of nitrogens with one attached hydrogen (secondary N) is 1. The predicted octanol–water partition coefficient (Wildman–Crippen LogP) is 2.76. The highest BCUT2D eigenvalue weighted by molar-refractivity contribution is 7.18. The average molecular weight is 405 g/mol. The van der Waals surface area contributed by atoms with Crippen LogP contribution in [0.2, 0.25) is 0 Å². The SMILES string of the molecule is Cc1nc2ccc(OC[C@H](C)CN3CCN(CC(=O)NC(C)C)CC3)cc2s1. The van der Waals surface area contributed by atoms with Crippen molar-refractivity contribution in [2.24, 2.45) is 5.92 Å². The minimum atomic E-state index is 0.123. The summed E-state index contributed by atoms with van der Waals surface area (Å²) in [6.45, 7) is 14.4. The van der Waals surface area contributed by atoms with Gasteiger partial charge in [0, 0.05) is 44.7 Å². The molecular formula is C21H32N4O2S. The number of thiazole rings is 1. The number of amides is 1. The van der Waals surface area contributed by atoms with Gasteiger partial charge in [-0.2, -0.15) is 0 Å². The summed E-state index contributed by atoms with van der Waals surface area (Å²) in [5.41, 5.74) is 1.04. The average Bonchev–Trinajstić information content (AvgIpc) is 3.00. The molecule has 0 unspecified atom stereocenters. The first-order valence-corrected chi connectivity index (χ1v) is 10.9. The highest BCUT2D eigenvalue weighted by Crippen LogP contribution is 2.26. The molecule has 1 aromatic heterocycles. The van der Waals surface area contributed by atoms with E-state index in [0.29, 0.717) is 19.1 Å². The molecule has 7 heteroatoms. The van der Waals surface area contributed by atoms with Gasteiger partial charge in [0.2, 0.25) is 5.91 Å². The molecule has 154 valence electrons. The Morgan fingerprint density at radius 1 is 1.21 bits per heavy atom. The number of benzene rings is 1. The maximum Gasteiger partial charge on any atom is 0.234 e. The Balaban J connectivity index is 1.38. The monoisotopic (exact) mass is 404 g/mol. The second-order valence-electron chi connectivity index (χ2n) is 8.08. The van der Waals surface area contributed by atoms with Gasteiger partial charge in [-0.05, 0) is 39.0 Å². The van der Waals surface area contributed by atoms with Gasteiger partial charge >= 0.3 is 0 Å². The Morgan fingerprint density at radius 3 is 2.64 bits per heavy atom. The van der Waals surface area contributed by atoms with Crippen LogP contribution in [0.1, 0.15) is 25.8 Å². The fourth-order valence-electron chi connectivity index (χ4n) is 3.54. The number of fused-ring (bicyclic) bond motifs is 1. The lowest BCUT2D eigenvalue weighted by molar-refractivity contribution is -0.123. The number of carbonyl (C=O) groups excluding carboxylic acids is 1. The summed E-state index contributed by atoms with van der Waals surface area (Å²) >= 11 is 1.70. The summed E-state index contributed by atoms with van der Waals surface area (Å²) in [5, 5.41) is 4.05. The molecule has 3 rings (SSSR count). The summed E-state index contributed by atoms with van der Waals surface area (Å²) in [4.78, 5) is 21.1. The third-order valence-corrected chi connectivity index (χ3v) is 5.79. The van der Waals surface area contributed by atoms with Gasteiger partial charge in [-0.25, -0.2) is 4.98 Å². The topological polar surface area (TPSA) is 57.7 Å². The number of aryl methyl sites for hydroxylation is 1. The Labute approximate surface area is 171 Å². The third-order valence-electron chi connectivity index (χ3n) is 4.85. The molecule has 2 aromatic rings. The van der Waals surface area contributed by atoms with Crippen LogP contribution in [-0.4, -0.2) is 72.6 Å². The molecule has 28 heavy (non-hydrogen) atoms. The van der Waals surface area contributed by atoms with Crippen LogP contribution in [0.15, 0.2) is 18.2 Å². The van der Waals surface area contributed by atoms with E-state index < -0.39 is 0 Å². The molecule has 1 amide bonds. The summed E-state index contributed by atoms with van der Waals surface area (Å²) in [6, 6.07) is 6.34. The molecule has 1 atom stereocenters. The molecule has 0 aliphatic carbocycles. The zero-order valence-corrected chi connectivity index (χ0v) is 18.2. The third kappa shape index (κ3) is 6.15. The first kappa shape index (κ1) is 21.0. The zero-order valence-electron chi connectivity index (χ0n) is 17.4. The van der Waals surface area contributed by atoms with Crippen LogP contribution in [0.4, 0.5) is 0 Å². The van der Waals surface area contributed by atoms with Crippen LogP contribution < -0.4 is 10.1 Å². The van der Waals surface area contributed by atoms with Gasteiger partial charge in [-0.1, -0.05) is 6.92 Å². The zero-order chi connectivity index (χ0) is 20.1. The number of hydrogen-bond acceptors (Lipinski definition) is 6. The fraction of sp³-hybridized carbons (Fsp3) is 0.619. The van der Waals surface area contributed by atoms with Crippen molar-refractivity contribution in [2.45, 2.75) is 33.7 Å². The van der Waals surface area contributed by atoms with E-state index in [1.54, 1.807) is 11.3 Å². The molecule has 1 aliphatic rings. The first-order valence-electron chi connectivity index (χ1n) is 10.1. The van der Waals surface area contributed by atoms with Crippen LogP contribution in [0, 0.1) is 12.8 Å². The van der Waals surface area contributed by atoms with Crippen molar-refractivity contribution in [3.05, 3.63) is 23.2 Å². The Kier molecular flexibility index (Phi) is 7.26. The molecule has 1 aliphatic heterocycles. The van der Waals surface area contributed by atoms with Crippen LogP contribution >= 0.6 is 11.3 Å². The molecular weight excluding hydrogens is 372 g/mol. The Morgan fingerprint density at radius 2 is 1.93 bits per heavy atom. The lowest BCUT2D eigenvalue weighted by atomic mass is 10.1. The van der Waals surface area contributed by atoms with Crippen molar-refractivity contribution in [1.29, 1.82) is 0 Å². The maximum absolute atomic E-state index is 11.9. The number of ether oxygens (including phenoxy) is 1. The van der Waals surface area contributed by atoms with Crippen molar-refractivity contribution in [3.63, 3.8) is 0 Å². The second-order valence-corrected chi connectivity index (χ2v) is 9.31. The van der Waals surface area contributed by atoms with Gasteiger partial charge in [0.25, 0.3) is 0 Å². The summed E-state index contributed by atoms with van der Waals surface area (Å²) in [7, 11) is 0. The molecule has 0 bridgehead atoms. The van der Waals surface area contributed by atoms with E-state index in [-0.39, 0.29) is 11.9 Å². The summed E-state index contributed by atoms with van der Waals surface area (Å²) in [6.07, 6.45) is 0. The molecule has 0 saturated carbocycles. The van der Waals surface area contributed by atoms with Crippen molar-refractivity contribution >= 4 is 27.5 Å². The van der Waals surface area contributed by atoms with Gasteiger partial charge < -0.3 is 15.0 Å². The number of hydrogen-bond donors (Lipinski definition) is 1. The quantitative estimate of drug-likeness (QED) is 0.733. The van der Waals surface area contributed by atoms with Gasteiger partial charge in [0.15, 0.2) is 0 Å². The van der Waals surface area contributed by atoms with Crippen LogP contribution in [-0.2, 0) is 4.79 Å². The number of carbonyl (C=O) groups is 1. The number of rotatable bonds is 8. The highest BCUT2D eigenvalue weighted by atomic mass is 32.1. The molecule has 1 N–H and O–H groups in total. The smallest absolute Gasteiger partial charge is 0.234 e. The van der Waals surface area contributed by atoms with Gasteiger partial charge in [-0.15, -0.1) is 11.3 Å². The van der Waals surface area contributed by atoms with E-state index in [2.05, 4.69) is 33.1 Å². The maximum atomic E-state index is 11.9. The van der Waals surface area contributed by atoms with Gasteiger partial charge in [0.1, 0.15) is 5.75 Å². The van der Waals surface area contributed by atoms with Gasteiger partial charge in [-0.3, -0.25) is 9.69 Å². The van der Waals surface area contributed by atoms with Crippen LogP contribution in [0.3, 0.4) is 0 Å². The Bertz CT molecular complexity index is 784. The molecule has 2 heterocycles. The second kappa shape index (κ2) is 9.67. The lowest BCUT2D eigenvalue weighted by Crippen LogP contribution is -2.51. The van der Waals surface area contributed by atoms with E-state index in [0.717, 1.165) is 49.0 Å². The number of aromatic nitrogens is 1. The van der Waals surface area contributed by atoms with Crippen molar-refractivity contribution in [2.75, 3.05) is 45.9 Å². The largest absolute Gasteiger partial charge is 0.493 e. The van der Waals surface area contributed by atoms with E-state index in [4.69, 9.17) is 4.74 Å². The van der Waals surface area contributed by atoms with E-state index in [1.165, 1.54) is 4.70 Å². The molecule has 0 spiro atoms. The fourth-order valence-corrected chi connectivity index (χ4v) is 4.40. The normalized spacial score (nSPS) is 17.2. The van der Waals surface area contributed by atoms with E-state index in [9.17, 15) is 4.79 Å². The van der Waals surface area contributed by atoms with Gasteiger partial charge in [0.05, 0.1) is 28.4 Å². The minimum absolute atomic E-state index is 0.123. The molecule has 1 fully saturated rings. The lowest BCUT2D eigenvalue weighted by Gasteiger charge is -2.35. The van der Waals surface area contributed by atoms with Crippen LogP contribution in [0.5, 0.6) is 5.75 Å². The number of piperazine rings is 1. The Hall–Kier alpha value is -1.70. The summed E-state index contributed by atoms with van der Waals surface area (Å²) < 4.78 is 7.21. The number of nitrogens with zero attached hydrogens (tertiary/aromatic N) is 3. The molecule has 0 radical (unpaired) electrons. The highest BCUT2D eigenvalue weighted by Gasteiger charge is 2.20. The van der Waals surface area contributed by atoms with Crippen molar-refractivity contribution in [3.8, 4) is 5.75 Å². The standard InChI is InChI=1S/C21H32N4O2S/c1-15(2)22-21(26)13-25-9-7-24(8-10-25)12-16(3)14-27-18-5-6-19-20(11-18)28-17(4)23-19/h5-6,11,15-16H,7-10,12-14H2,1-4H3,(H,22,26)/t16-/m1/s1.